The number of benzene rings is 1. The lowest BCUT2D eigenvalue weighted by molar-refractivity contribution is -0.385. The molecule has 1 aliphatic carbocycles. The van der Waals surface area contributed by atoms with Crippen molar-refractivity contribution >= 4 is 11.7 Å². The minimum absolute atomic E-state index is 0.0469. The van der Waals surface area contributed by atoms with Crippen molar-refractivity contribution < 1.29 is 18.4 Å². The van der Waals surface area contributed by atoms with Gasteiger partial charge >= 0.3 is 5.92 Å². The Morgan fingerprint density at radius 2 is 2.00 bits per heavy atom. The predicted octanol–water partition coefficient (Wildman–Crippen LogP) is 2.84. The first-order valence-electron chi connectivity index (χ1n) is 7.24. The normalized spacial score (nSPS) is 27.7. The molecule has 0 fully saturated rings. The third-order valence-corrected chi connectivity index (χ3v) is 4.81. The summed E-state index contributed by atoms with van der Waals surface area (Å²) in [6.07, 6.45) is 0.509. The summed E-state index contributed by atoms with van der Waals surface area (Å²) in [6.45, 7) is 2.97. The fraction of sp³-hybridized carbons (Fsp3) is 0.533. The van der Waals surface area contributed by atoms with Gasteiger partial charge < -0.3 is 10.5 Å². The van der Waals surface area contributed by atoms with Crippen molar-refractivity contribution in [1.29, 1.82) is 0 Å². The van der Waals surface area contributed by atoms with Crippen LogP contribution in [-0.4, -0.2) is 23.5 Å². The number of non-ortho nitro benzene ring substituents is 1. The Kier molecular flexibility index (Phi) is 3.14. The number of halogens is 2. The number of fused-ring (bicyclic) bond motifs is 2. The quantitative estimate of drug-likeness (QED) is 0.635. The van der Waals surface area contributed by atoms with Gasteiger partial charge in [-0.3, -0.25) is 10.1 Å². The van der Waals surface area contributed by atoms with E-state index in [1.165, 1.54) is 12.1 Å². The van der Waals surface area contributed by atoms with Gasteiger partial charge in [-0.2, -0.15) is 8.78 Å². The molecule has 0 radical (unpaired) electrons. The summed E-state index contributed by atoms with van der Waals surface area (Å²) in [5.41, 5.74) is 3.81. The summed E-state index contributed by atoms with van der Waals surface area (Å²) in [4.78, 5) is 14.4. The summed E-state index contributed by atoms with van der Waals surface area (Å²) in [5.74, 6) is -3.30. The lowest BCUT2D eigenvalue weighted by atomic mass is 9.63. The lowest BCUT2D eigenvalue weighted by Gasteiger charge is -2.47. The number of rotatable bonds is 1. The second-order valence-electron chi connectivity index (χ2n) is 6.67. The van der Waals surface area contributed by atoms with E-state index in [9.17, 15) is 18.9 Å². The highest BCUT2D eigenvalue weighted by atomic mass is 19.3. The Bertz CT molecular complexity index is 718. The molecule has 23 heavy (non-hydrogen) atoms. The number of nitrogens with zero attached hydrogens (tertiary/aromatic N) is 2. The van der Waals surface area contributed by atoms with Crippen molar-refractivity contribution in [3.8, 4) is 0 Å². The van der Waals surface area contributed by atoms with Gasteiger partial charge in [-0.05, 0) is 29.4 Å². The molecule has 1 heterocycles. The lowest BCUT2D eigenvalue weighted by Crippen LogP contribution is -2.55. The van der Waals surface area contributed by atoms with Gasteiger partial charge in [-0.15, -0.1) is 0 Å². The molecular weight excluding hydrogens is 308 g/mol. The Hall–Kier alpha value is -2.25. The van der Waals surface area contributed by atoms with E-state index in [2.05, 4.69) is 4.99 Å². The van der Waals surface area contributed by atoms with Crippen molar-refractivity contribution in [2.45, 2.75) is 43.6 Å². The van der Waals surface area contributed by atoms with Crippen molar-refractivity contribution in [2.75, 3.05) is 6.61 Å². The maximum atomic E-state index is 14.7. The highest BCUT2D eigenvalue weighted by Crippen LogP contribution is 2.55. The molecule has 0 amide bonds. The Labute approximate surface area is 131 Å². The zero-order valence-electron chi connectivity index (χ0n) is 12.8. The molecule has 6 nitrogen and oxygen atoms in total. The molecule has 2 aliphatic rings. The molecule has 1 spiro atoms. The van der Waals surface area contributed by atoms with E-state index in [-0.39, 0.29) is 29.1 Å². The molecule has 1 aromatic carbocycles. The van der Waals surface area contributed by atoms with Crippen LogP contribution >= 0.6 is 0 Å². The van der Waals surface area contributed by atoms with Crippen LogP contribution in [0.1, 0.15) is 37.8 Å². The molecule has 2 N–H and O–H groups in total. The first kappa shape index (κ1) is 15.6. The first-order valence-corrected chi connectivity index (χ1v) is 7.24. The molecular formula is C15H17F2N3O3. The highest BCUT2D eigenvalue weighted by Gasteiger charge is 2.61. The number of hydrogen-bond acceptors (Lipinski definition) is 5. The summed E-state index contributed by atoms with van der Waals surface area (Å²) in [7, 11) is 0. The van der Waals surface area contributed by atoms with Crippen LogP contribution in [0.15, 0.2) is 23.2 Å². The smallest absolute Gasteiger partial charge is 0.310 e. The molecule has 3 rings (SSSR count). The largest absolute Gasteiger partial charge is 0.459 e. The minimum atomic E-state index is -3.30. The van der Waals surface area contributed by atoms with Crippen LogP contribution in [0.2, 0.25) is 0 Å². The third kappa shape index (κ3) is 2.15. The van der Waals surface area contributed by atoms with Gasteiger partial charge in [0, 0.05) is 12.1 Å². The van der Waals surface area contributed by atoms with E-state index < -0.39 is 23.0 Å². The number of amidine groups is 1. The van der Waals surface area contributed by atoms with Crippen molar-refractivity contribution in [3.63, 3.8) is 0 Å². The standard InChI is InChI=1S/C15H17F2N3O3/c1-13(2)5-6-14(15(16,17)8-23-12(18)19-14)11-7-9(20(21)22)3-4-10(11)13/h3-4,7H,5-6,8H2,1-2H3,(H2,18,19)/t14-/m1/s1. The van der Waals surface area contributed by atoms with E-state index in [4.69, 9.17) is 10.5 Å². The van der Waals surface area contributed by atoms with Gasteiger partial charge in [0.1, 0.15) is 0 Å². The van der Waals surface area contributed by atoms with E-state index in [0.717, 1.165) is 0 Å². The number of alkyl halides is 2. The van der Waals surface area contributed by atoms with Crippen LogP contribution in [-0.2, 0) is 15.7 Å². The van der Waals surface area contributed by atoms with Crippen molar-refractivity contribution in [3.05, 3.63) is 39.4 Å². The Morgan fingerprint density at radius 1 is 1.30 bits per heavy atom. The van der Waals surface area contributed by atoms with Gasteiger partial charge in [0.25, 0.3) is 11.7 Å². The van der Waals surface area contributed by atoms with Crippen LogP contribution in [0.5, 0.6) is 0 Å². The maximum Gasteiger partial charge on any atom is 0.310 e. The Balaban J connectivity index is 2.32. The van der Waals surface area contributed by atoms with Crippen LogP contribution in [0.25, 0.3) is 0 Å². The van der Waals surface area contributed by atoms with E-state index in [0.29, 0.717) is 12.0 Å². The summed E-state index contributed by atoms with van der Waals surface area (Å²) < 4.78 is 34.2. The van der Waals surface area contributed by atoms with Crippen molar-refractivity contribution in [2.24, 2.45) is 10.7 Å². The minimum Gasteiger partial charge on any atom is -0.459 e. The fourth-order valence-corrected chi connectivity index (χ4v) is 3.42. The molecule has 8 heteroatoms. The maximum absolute atomic E-state index is 14.7. The second-order valence-corrected chi connectivity index (χ2v) is 6.67. The monoisotopic (exact) mass is 325 g/mol. The summed E-state index contributed by atoms with van der Waals surface area (Å²) >= 11 is 0. The molecule has 124 valence electrons. The number of ether oxygens (including phenoxy) is 1. The van der Waals surface area contributed by atoms with Crippen LogP contribution < -0.4 is 5.73 Å². The SMILES string of the molecule is CC1(C)CC[C@@]2(N=C(N)OCC2(F)F)c2cc([N+](=O)[O-])ccc21. The van der Waals surface area contributed by atoms with Crippen LogP contribution in [0.3, 0.4) is 0 Å². The molecule has 0 saturated heterocycles. The molecule has 0 saturated carbocycles. The van der Waals surface area contributed by atoms with E-state index in [1.807, 2.05) is 13.8 Å². The Morgan fingerprint density at radius 3 is 2.65 bits per heavy atom. The zero-order valence-corrected chi connectivity index (χ0v) is 12.8. The average Bonchev–Trinajstić information content (AvgIpc) is 2.47. The molecule has 0 bridgehead atoms. The summed E-state index contributed by atoms with van der Waals surface area (Å²) in [5, 5.41) is 11.1. The molecule has 1 aromatic rings. The summed E-state index contributed by atoms with van der Waals surface area (Å²) in [6, 6.07) is 3.77. The van der Waals surface area contributed by atoms with Gasteiger partial charge in [0.2, 0.25) is 0 Å². The zero-order chi connectivity index (χ0) is 17.0. The first-order chi connectivity index (χ1) is 10.6. The fourth-order valence-electron chi connectivity index (χ4n) is 3.42. The highest BCUT2D eigenvalue weighted by molar-refractivity contribution is 5.74. The topological polar surface area (TPSA) is 90.8 Å². The average molecular weight is 325 g/mol. The van der Waals surface area contributed by atoms with Crippen molar-refractivity contribution in [1.82, 2.24) is 0 Å². The van der Waals surface area contributed by atoms with E-state index >= 15 is 0 Å². The third-order valence-electron chi connectivity index (χ3n) is 4.81. The van der Waals surface area contributed by atoms with Gasteiger partial charge in [0.15, 0.2) is 12.1 Å². The molecule has 1 aliphatic heterocycles. The molecule has 0 aromatic heterocycles. The number of hydrogen-bond donors (Lipinski definition) is 1. The number of nitro benzene ring substituents is 1. The van der Waals surface area contributed by atoms with Crippen LogP contribution in [0.4, 0.5) is 14.5 Å². The number of nitrogens with two attached hydrogens (primary N) is 1. The van der Waals surface area contributed by atoms with E-state index in [1.54, 1.807) is 6.07 Å². The predicted molar refractivity (Wildman–Crippen MR) is 79.6 cm³/mol. The van der Waals surface area contributed by atoms with Gasteiger partial charge in [-0.1, -0.05) is 19.9 Å². The molecule has 1 atom stereocenters. The number of aliphatic imine (C=N–C) groups is 1. The second kappa shape index (κ2) is 4.62. The number of nitro groups is 1. The van der Waals surface area contributed by atoms with Crippen LogP contribution in [0, 0.1) is 10.1 Å². The van der Waals surface area contributed by atoms with Gasteiger partial charge in [-0.25, -0.2) is 4.99 Å². The van der Waals surface area contributed by atoms with Gasteiger partial charge in [0.05, 0.1) is 4.92 Å². The molecule has 0 unspecified atom stereocenters.